The molecule has 1 aliphatic carbocycles. The number of aryl methyl sites for hydroxylation is 1. The van der Waals surface area contributed by atoms with Crippen molar-refractivity contribution < 1.29 is 4.79 Å². The molecule has 1 aromatic heterocycles. The van der Waals surface area contributed by atoms with E-state index in [-0.39, 0.29) is 17.4 Å². The minimum absolute atomic E-state index is 0.00298. The van der Waals surface area contributed by atoms with Crippen molar-refractivity contribution in [1.82, 2.24) is 9.55 Å². The summed E-state index contributed by atoms with van der Waals surface area (Å²) in [6, 6.07) is 10.7. The zero-order valence-electron chi connectivity index (χ0n) is 16.8. The molecule has 30 heavy (non-hydrogen) atoms. The van der Waals surface area contributed by atoms with E-state index in [1.54, 1.807) is 35.8 Å². The largest absolute Gasteiger partial charge is 0.325 e. The topological polar surface area (TPSA) is 64.0 Å². The van der Waals surface area contributed by atoms with Gasteiger partial charge < -0.3 is 5.32 Å². The predicted molar refractivity (Wildman–Crippen MR) is 122 cm³/mol. The molecule has 0 bridgehead atoms. The third kappa shape index (κ3) is 4.37. The number of hydrogen-bond donors (Lipinski definition) is 1. The number of nitrogens with zero attached hydrogens (tertiary/aromatic N) is 2. The molecule has 3 aromatic rings. The molecule has 1 amide bonds. The predicted octanol–water partition coefficient (Wildman–Crippen LogP) is 5.58. The number of fused-ring (bicyclic) bond motifs is 1. The van der Waals surface area contributed by atoms with Crippen LogP contribution in [0, 0.1) is 12.8 Å². The Kier molecular flexibility index (Phi) is 6.11. The molecule has 2 aromatic carbocycles. The van der Waals surface area contributed by atoms with Gasteiger partial charge in [-0.1, -0.05) is 54.6 Å². The van der Waals surface area contributed by atoms with Gasteiger partial charge in [0.25, 0.3) is 5.56 Å². The molecular formula is C23H23Cl2N3O2. The van der Waals surface area contributed by atoms with Gasteiger partial charge in [-0.05, 0) is 49.6 Å². The van der Waals surface area contributed by atoms with E-state index in [1.165, 1.54) is 6.42 Å². The van der Waals surface area contributed by atoms with E-state index >= 15 is 0 Å². The van der Waals surface area contributed by atoms with Crippen molar-refractivity contribution in [1.29, 1.82) is 0 Å². The lowest BCUT2D eigenvalue weighted by Gasteiger charge is -2.21. The lowest BCUT2D eigenvalue weighted by atomic mass is 9.88. The fourth-order valence-corrected chi connectivity index (χ4v) is 4.34. The van der Waals surface area contributed by atoms with E-state index < -0.39 is 0 Å². The van der Waals surface area contributed by atoms with Gasteiger partial charge in [0.05, 0.1) is 28.2 Å². The summed E-state index contributed by atoms with van der Waals surface area (Å²) in [5, 5.41) is 4.39. The van der Waals surface area contributed by atoms with Crippen LogP contribution in [-0.2, 0) is 11.3 Å². The van der Waals surface area contributed by atoms with E-state index in [0.717, 1.165) is 31.2 Å². The standard InChI is InChI=1S/C23H23Cl2N3O2/c1-14-26-20-12-19(25)21(27-22(29)16-5-3-2-4-6-16)11-18(20)23(30)28(14)13-15-7-9-17(24)10-8-15/h7-12,16H,2-6,13H2,1H3,(H,27,29). The van der Waals surface area contributed by atoms with E-state index in [4.69, 9.17) is 23.2 Å². The van der Waals surface area contributed by atoms with Crippen molar-refractivity contribution in [2.24, 2.45) is 5.92 Å². The van der Waals surface area contributed by atoms with Crippen molar-refractivity contribution in [3.63, 3.8) is 0 Å². The van der Waals surface area contributed by atoms with Crippen LogP contribution >= 0.6 is 23.2 Å². The first-order chi connectivity index (χ1) is 14.4. The van der Waals surface area contributed by atoms with Gasteiger partial charge in [-0.25, -0.2) is 4.98 Å². The van der Waals surface area contributed by atoms with Gasteiger partial charge in [-0.15, -0.1) is 0 Å². The van der Waals surface area contributed by atoms with Crippen LogP contribution in [0.5, 0.6) is 0 Å². The minimum atomic E-state index is -0.169. The Morgan fingerprint density at radius 1 is 1.13 bits per heavy atom. The summed E-state index contributed by atoms with van der Waals surface area (Å²) < 4.78 is 1.62. The summed E-state index contributed by atoms with van der Waals surface area (Å²) in [4.78, 5) is 30.4. The molecule has 1 heterocycles. The molecule has 0 aliphatic heterocycles. The summed E-state index contributed by atoms with van der Waals surface area (Å²) in [5.74, 6) is 0.568. The number of anilines is 1. The molecule has 1 fully saturated rings. The van der Waals surface area contributed by atoms with Gasteiger partial charge in [0.2, 0.25) is 5.91 Å². The number of carbonyl (C=O) groups excluding carboxylic acids is 1. The molecule has 0 atom stereocenters. The highest BCUT2D eigenvalue weighted by atomic mass is 35.5. The van der Waals surface area contributed by atoms with Gasteiger partial charge >= 0.3 is 0 Å². The van der Waals surface area contributed by atoms with Gasteiger partial charge in [0, 0.05) is 10.9 Å². The average Bonchev–Trinajstić information content (AvgIpc) is 2.74. The van der Waals surface area contributed by atoms with Crippen LogP contribution in [0.15, 0.2) is 41.2 Å². The fourth-order valence-electron chi connectivity index (χ4n) is 4.01. The third-order valence-corrected chi connectivity index (χ3v) is 6.29. The molecular weight excluding hydrogens is 421 g/mol. The monoisotopic (exact) mass is 443 g/mol. The summed E-state index contributed by atoms with van der Waals surface area (Å²) in [6.45, 7) is 2.18. The number of amides is 1. The third-order valence-electron chi connectivity index (χ3n) is 5.72. The molecule has 0 radical (unpaired) electrons. The lowest BCUT2D eigenvalue weighted by molar-refractivity contribution is -0.120. The van der Waals surface area contributed by atoms with E-state index in [9.17, 15) is 9.59 Å². The maximum absolute atomic E-state index is 13.2. The molecule has 0 saturated heterocycles. The molecule has 1 N–H and O–H groups in total. The van der Waals surface area contributed by atoms with Crippen molar-refractivity contribution in [2.45, 2.75) is 45.6 Å². The second-order valence-corrected chi connectivity index (χ2v) is 8.69. The Labute approximate surface area is 185 Å². The van der Waals surface area contributed by atoms with Crippen LogP contribution < -0.4 is 10.9 Å². The highest BCUT2D eigenvalue weighted by molar-refractivity contribution is 6.34. The first-order valence-corrected chi connectivity index (χ1v) is 10.9. The maximum atomic E-state index is 13.2. The normalized spacial score (nSPS) is 14.8. The summed E-state index contributed by atoms with van der Waals surface area (Å²) >= 11 is 12.4. The molecule has 5 nitrogen and oxygen atoms in total. The summed E-state index contributed by atoms with van der Waals surface area (Å²) in [5.41, 5.74) is 1.76. The van der Waals surface area contributed by atoms with Crippen LogP contribution in [0.4, 0.5) is 5.69 Å². The van der Waals surface area contributed by atoms with Crippen molar-refractivity contribution in [2.75, 3.05) is 5.32 Å². The Morgan fingerprint density at radius 3 is 2.53 bits per heavy atom. The van der Waals surface area contributed by atoms with E-state index in [0.29, 0.717) is 39.0 Å². The van der Waals surface area contributed by atoms with Gasteiger partial charge in [0.15, 0.2) is 0 Å². The molecule has 156 valence electrons. The van der Waals surface area contributed by atoms with Gasteiger partial charge in [0.1, 0.15) is 5.82 Å². The SMILES string of the molecule is Cc1nc2cc(Cl)c(NC(=O)C3CCCCC3)cc2c(=O)n1Cc1ccc(Cl)cc1. The number of aromatic nitrogens is 2. The molecule has 1 aliphatic rings. The van der Waals surface area contributed by atoms with E-state index in [1.807, 2.05) is 12.1 Å². The van der Waals surface area contributed by atoms with Gasteiger partial charge in [-0.3, -0.25) is 14.2 Å². The van der Waals surface area contributed by atoms with Crippen LogP contribution in [0.25, 0.3) is 10.9 Å². The highest BCUT2D eigenvalue weighted by Crippen LogP contribution is 2.29. The fraction of sp³-hybridized carbons (Fsp3) is 0.348. The lowest BCUT2D eigenvalue weighted by Crippen LogP contribution is -2.26. The minimum Gasteiger partial charge on any atom is -0.325 e. The molecule has 0 unspecified atom stereocenters. The second kappa shape index (κ2) is 8.78. The second-order valence-electron chi connectivity index (χ2n) is 7.85. The van der Waals surface area contributed by atoms with Crippen molar-refractivity contribution in [3.8, 4) is 0 Å². The maximum Gasteiger partial charge on any atom is 0.261 e. The van der Waals surface area contributed by atoms with E-state index in [2.05, 4.69) is 10.3 Å². The van der Waals surface area contributed by atoms with Crippen molar-refractivity contribution in [3.05, 3.63) is 68.2 Å². The first kappa shape index (κ1) is 20.9. The van der Waals surface area contributed by atoms with Crippen molar-refractivity contribution >= 4 is 45.7 Å². The van der Waals surface area contributed by atoms with Crippen LogP contribution in [0.2, 0.25) is 10.0 Å². The van der Waals surface area contributed by atoms with Crippen LogP contribution in [0.3, 0.4) is 0 Å². The number of rotatable bonds is 4. The Bertz CT molecular complexity index is 1150. The number of hydrogen-bond acceptors (Lipinski definition) is 3. The molecule has 7 heteroatoms. The number of benzene rings is 2. The number of halogens is 2. The Balaban J connectivity index is 1.68. The molecule has 0 spiro atoms. The number of carbonyl (C=O) groups is 1. The highest BCUT2D eigenvalue weighted by Gasteiger charge is 2.22. The van der Waals surface area contributed by atoms with Crippen LogP contribution in [-0.4, -0.2) is 15.5 Å². The van der Waals surface area contributed by atoms with Crippen LogP contribution in [0.1, 0.15) is 43.5 Å². The average molecular weight is 444 g/mol. The first-order valence-electron chi connectivity index (χ1n) is 10.2. The summed E-state index contributed by atoms with van der Waals surface area (Å²) in [7, 11) is 0. The Hall–Kier alpha value is -2.37. The molecule has 4 rings (SSSR count). The zero-order valence-corrected chi connectivity index (χ0v) is 18.3. The smallest absolute Gasteiger partial charge is 0.261 e. The number of nitrogens with one attached hydrogen (secondary N) is 1. The van der Waals surface area contributed by atoms with Gasteiger partial charge in [-0.2, -0.15) is 0 Å². The molecule has 1 saturated carbocycles. The summed E-state index contributed by atoms with van der Waals surface area (Å²) in [6.07, 6.45) is 5.11. The Morgan fingerprint density at radius 2 is 1.83 bits per heavy atom. The quantitative estimate of drug-likeness (QED) is 0.572. The zero-order chi connectivity index (χ0) is 21.3.